The third-order valence-corrected chi connectivity index (χ3v) is 2.54. The lowest BCUT2D eigenvalue weighted by Crippen LogP contribution is -2.41. The van der Waals surface area contributed by atoms with Crippen molar-refractivity contribution in [3.05, 3.63) is 41.5 Å². The Morgan fingerprint density at radius 3 is 2.56 bits per heavy atom. The number of hydrogen-bond acceptors (Lipinski definition) is 3. The Bertz CT molecular complexity index is 453. The molecule has 0 aromatic heterocycles. The number of carbonyl (C=O) groups is 1. The number of amides is 1. The lowest BCUT2D eigenvalue weighted by molar-refractivity contribution is 0.0230. The van der Waals surface area contributed by atoms with Crippen molar-refractivity contribution in [3.63, 3.8) is 0 Å². The molecule has 0 spiro atoms. The van der Waals surface area contributed by atoms with Gasteiger partial charge in [-0.2, -0.15) is 0 Å². The molecule has 0 atom stereocenters. The van der Waals surface area contributed by atoms with Crippen molar-refractivity contribution in [2.75, 3.05) is 20.6 Å². The Balaban J connectivity index is 3.12. The molecule has 95 valence electrons. The maximum Gasteiger partial charge on any atom is 0.268 e. The van der Waals surface area contributed by atoms with Crippen LogP contribution in [0, 0.1) is 0 Å². The highest BCUT2D eigenvalue weighted by Crippen LogP contribution is 2.14. The van der Waals surface area contributed by atoms with Gasteiger partial charge in [0.2, 0.25) is 6.29 Å². The van der Waals surface area contributed by atoms with Crippen LogP contribution in [0.25, 0.3) is 6.08 Å². The van der Waals surface area contributed by atoms with Gasteiger partial charge in [0.15, 0.2) is 0 Å². The summed E-state index contributed by atoms with van der Waals surface area (Å²) in [5.41, 5.74) is 1.28. The number of hydrogen-bond donors (Lipinski definition) is 0. The van der Waals surface area contributed by atoms with Crippen molar-refractivity contribution >= 4 is 18.3 Å². The van der Waals surface area contributed by atoms with E-state index in [-0.39, 0.29) is 5.91 Å². The lowest BCUT2D eigenvalue weighted by Gasteiger charge is -2.28. The Labute approximate surface area is 107 Å². The molecule has 0 aliphatic carbocycles. The van der Waals surface area contributed by atoms with Crippen molar-refractivity contribution in [2.45, 2.75) is 6.92 Å². The molecule has 1 amide bonds. The Kier molecular flexibility index (Phi) is 5.27. The van der Waals surface area contributed by atoms with Crippen LogP contribution in [-0.2, 0) is 4.79 Å². The fourth-order valence-corrected chi connectivity index (χ4v) is 1.71. The number of benzene rings is 1. The van der Waals surface area contributed by atoms with Crippen LogP contribution < -0.4 is 0 Å². The highest BCUT2D eigenvalue weighted by molar-refractivity contribution is 5.98. The number of hydrazine groups is 1. The molecule has 4 nitrogen and oxygen atoms in total. The van der Waals surface area contributed by atoms with Crippen molar-refractivity contribution in [1.82, 2.24) is 10.0 Å². The molecule has 0 aliphatic rings. The molecule has 1 rings (SSSR count). The smallest absolute Gasteiger partial charge is 0.268 e. The van der Waals surface area contributed by atoms with Gasteiger partial charge in [0.1, 0.15) is 0 Å². The first-order valence-corrected chi connectivity index (χ1v) is 5.74. The van der Waals surface area contributed by atoms with Gasteiger partial charge in [0, 0.05) is 26.2 Å². The van der Waals surface area contributed by atoms with E-state index in [4.69, 9.17) is 0 Å². The van der Waals surface area contributed by atoms with E-state index >= 15 is 0 Å². The first-order chi connectivity index (χ1) is 8.61. The molecule has 0 saturated heterocycles. The van der Waals surface area contributed by atoms with Crippen molar-refractivity contribution < 1.29 is 9.59 Å². The van der Waals surface area contributed by atoms with E-state index in [1.165, 1.54) is 6.08 Å². The molecule has 0 bridgehead atoms. The third kappa shape index (κ3) is 3.28. The number of carbonyl (C=O) groups excluding carboxylic acids is 2. The van der Waals surface area contributed by atoms with E-state index in [2.05, 4.69) is 0 Å². The largest absolute Gasteiger partial charge is 0.286 e. The van der Waals surface area contributed by atoms with E-state index in [9.17, 15) is 9.59 Å². The minimum Gasteiger partial charge on any atom is -0.286 e. The fourth-order valence-electron chi connectivity index (χ4n) is 1.71. The average Bonchev–Trinajstić information content (AvgIpc) is 2.37. The maximum absolute atomic E-state index is 12.4. The van der Waals surface area contributed by atoms with Gasteiger partial charge in [-0.25, -0.2) is 5.01 Å². The zero-order valence-electron chi connectivity index (χ0n) is 10.9. The number of nitrogens with zero attached hydrogens (tertiary/aromatic N) is 2. The second-order valence-electron chi connectivity index (χ2n) is 3.91. The molecule has 0 saturated carbocycles. The van der Waals surface area contributed by atoms with Crippen LogP contribution in [0.15, 0.2) is 30.3 Å². The molecule has 4 heteroatoms. The van der Waals surface area contributed by atoms with Gasteiger partial charge in [-0.3, -0.25) is 14.6 Å². The quantitative estimate of drug-likeness (QED) is 0.586. The molecule has 1 radical (unpaired) electrons. The summed E-state index contributed by atoms with van der Waals surface area (Å²) in [6.07, 6.45) is 4.53. The van der Waals surface area contributed by atoms with Crippen LogP contribution in [0.4, 0.5) is 0 Å². The van der Waals surface area contributed by atoms with Gasteiger partial charge < -0.3 is 0 Å². The third-order valence-electron chi connectivity index (χ3n) is 2.54. The summed E-state index contributed by atoms with van der Waals surface area (Å²) in [6.45, 7) is 2.50. The molecule has 0 heterocycles. The highest BCUT2D eigenvalue weighted by Gasteiger charge is 2.17. The van der Waals surface area contributed by atoms with E-state index < -0.39 is 0 Å². The summed E-state index contributed by atoms with van der Waals surface area (Å²) >= 11 is 0. The highest BCUT2D eigenvalue weighted by atomic mass is 16.2. The normalized spacial score (nSPS) is 10.9. The zero-order chi connectivity index (χ0) is 13.5. The number of allylic oxidation sites excluding steroid dienone is 1. The Morgan fingerprint density at radius 1 is 1.33 bits per heavy atom. The summed E-state index contributed by atoms with van der Waals surface area (Å²) < 4.78 is 0. The van der Waals surface area contributed by atoms with Crippen LogP contribution >= 0.6 is 0 Å². The second kappa shape index (κ2) is 6.71. The Hall–Kier alpha value is -1.94. The molecule has 0 fully saturated rings. The minimum atomic E-state index is -0.0892. The lowest BCUT2D eigenvalue weighted by atomic mass is 10.1. The van der Waals surface area contributed by atoms with E-state index in [0.717, 1.165) is 0 Å². The average molecular weight is 245 g/mol. The second-order valence-corrected chi connectivity index (χ2v) is 3.91. The summed E-state index contributed by atoms with van der Waals surface area (Å²) in [6, 6.07) is 7.18. The maximum atomic E-state index is 12.4. The SMILES string of the molecule is CCN(C(=O)c1ccccc1/C=C/[C]=O)N(C)C. The summed E-state index contributed by atoms with van der Waals surface area (Å²) in [7, 11) is 3.64. The van der Waals surface area contributed by atoms with Gasteiger partial charge >= 0.3 is 0 Å². The van der Waals surface area contributed by atoms with Crippen LogP contribution in [0.3, 0.4) is 0 Å². The summed E-state index contributed by atoms with van der Waals surface area (Å²) in [5, 5.41) is 3.37. The van der Waals surface area contributed by atoms with Crippen LogP contribution in [-0.4, -0.2) is 42.9 Å². The van der Waals surface area contributed by atoms with Crippen molar-refractivity contribution in [1.29, 1.82) is 0 Å². The summed E-state index contributed by atoms with van der Waals surface area (Å²) in [5.74, 6) is -0.0892. The standard InChI is InChI=1S/C14H17N2O2/c1-4-16(15(2)3)14(18)13-10-6-5-8-12(13)9-7-11-17/h5-10H,4H2,1-3H3/b9-7+. The van der Waals surface area contributed by atoms with Crippen LogP contribution in [0.2, 0.25) is 0 Å². The van der Waals surface area contributed by atoms with Gasteiger partial charge in [0.25, 0.3) is 5.91 Å². The predicted molar refractivity (Wildman–Crippen MR) is 71.6 cm³/mol. The van der Waals surface area contributed by atoms with E-state index in [0.29, 0.717) is 17.7 Å². The molecule has 1 aromatic rings. The first kappa shape index (κ1) is 14.1. The number of rotatable bonds is 5. The molecule has 0 aliphatic heterocycles. The topological polar surface area (TPSA) is 40.6 Å². The van der Waals surface area contributed by atoms with E-state index in [1.54, 1.807) is 40.6 Å². The van der Waals surface area contributed by atoms with Gasteiger partial charge in [-0.15, -0.1) is 0 Å². The Morgan fingerprint density at radius 2 is 2.00 bits per heavy atom. The van der Waals surface area contributed by atoms with E-state index in [1.807, 2.05) is 27.1 Å². The van der Waals surface area contributed by atoms with Crippen molar-refractivity contribution in [2.24, 2.45) is 0 Å². The fraction of sp³-hybridized carbons (Fsp3) is 0.286. The molecule has 18 heavy (non-hydrogen) atoms. The van der Waals surface area contributed by atoms with Gasteiger partial charge in [-0.1, -0.05) is 24.3 Å². The molecular formula is C14H17N2O2. The zero-order valence-corrected chi connectivity index (χ0v) is 10.9. The van der Waals surface area contributed by atoms with Crippen LogP contribution in [0.1, 0.15) is 22.8 Å². The molecule has 1 aromatic carbocycles. The summed E-state index contributed by atoms with van der Waals surface area (Å²) in [4.78, 5) is 22.6. The first-order valence-electron chi connectivity index (χ1n) is 5.74. The molecular weight excluding hydrogens is 228 g/mol. The molecule has 0 unspecified atom stereocenters. The molecule has 0 N–H and O–H groups in total. The van der Waals surface area contributed by atoms with Gasteiger partial charge in [-0.05, 0) is 24.6 Å². The van der Waals surface area contributed by atoms with Gasteiger partial charge in [0.05, 0.1) is 0 Å². The predicted octanol–water partition coefficient (Wildman–Crippen LogP) is 1.75. The minimum absolute atomic E-state index is 0.0892. The van der Waals surface area contributed by atoms with Crippen LogP contribution in [0.5, 0.6) is 0 Å². The monoisotopic (exact) mass is 245 g/mol. The van der Waals surface area contributed by atoms with Crippen molar-refractivity contribution in [3.8, 4) is 0 Å².